The number of benzene rings is 8. The average molecular weight is 1530 g/mol. The summed E-state index contributed by atoms with van der Waals surface area (Å²) in [6.45, 7) is 25.8. The number of allylic oxidation sites excluding steroid dienone is 1. The molecular weight excluding hydrogens is 1430 g/mol. The molecule has 0 spiro atoms. The minimum absolute atomic E-state index is 0.0375. The number of ketones is 2. The summed E-state index contributed by atoms with van der Waals surface area (Å²) in [5.74, 6) is 1.14. The van der Waals surface area contributed by atoms with Gasteiger partial charge in [0.15, 0.2) is 15.9 Å². The molecular formula is C85H94Cl4O17. The molecule has 0 amide bonds. The highest BCUT2D eigenvalue weighted by Gasteiger charge is 2.24. The Kier molecular flexibility index (Phi) is 36.8. The van der Waals surface area contributed by atoms with Gasteiger partial charge in [-0.3, -0.25) is 14.4 Å². The van der Waals surface area contributed by atoms with Gasteiger partial charge in [0, 0.05) is 66.5 Å². The molecule has 8 aromatic rings. The number of alkyl halides is 3. The van der Waals surface area contributed by atoms with Crippen molar-refractivity contribution in [2.24, 2.45) is 10.8 Å². The molecule has 0 atom stereocenters. The first-order valence-corrected chi connectivity index (χ1v) is 35.4. The van der Waals surface area contributed by atoms with Crippen molar-refractivity contribution in [1.29, 1.82) is 0 Å². The van der Waals surface area contributed by atoms with E-state index in [-0.39, 0.29) is 64.4 Å². The maximum absolute atomic E-state index is 13.5. The molecule has 8 aromatic carbocycles. The van der Waals surface area contributed by atoms with E-state index in [1.807, 2.05) is 198 Å². The number of aliphatic hydroxyl groups is 3. The van der Waals surface area contributed by atoms with E-state index in [0.29, 0.717) is 77.8 Å². The van der Waals surface area contributed by atoms with Crippen LogP contribution in [0.4, 0.5) is 0 Å². The van der Waals surface area contributed by atoms with Gasteiger partial charge in [0.2, 0.25) is 5.24 Å². The van der Waals surface area contributed by atoms with Crippen LogP contribution in [0.25, 0.3) is 44.5 Å². The summed E-state index contributed by atoms with van der Waals surface area (Å²) in [5.41, 5.74) is 14.5. The van der Waals surface area contributed by atoms with Crippen LogP contribution in [-0.2, 0) is 75.8 Å². The second-order valence-electron chi connectivity index (χ2n) is 26.1. The van der Waals surface area contributed by atoms with Gasteiger partial charge in [-0.2, -0.15) is 0 Å². The van der Waals surface area contributed by atoms with Crippen molar-refractivity contribution in [3.63, 3.8) is 0 Å². The van der Waals surface area contributed by atoms with Crippen LogP contribution in [0, 0.1) is 10.8 Å². The van der Waals surface area contributed by atoms with Crippen molar-refractivity contribution in [2.45, 2.75) is 85.8 Å². The number of hydrogen-bond acceptors (Lipinski definition) is 17. The van der Waals surface area contributed by atoms with Crippen LogP contribution in [0.1, 0.15) is 108 Å². The van der Waals surface area contributed by atoms with Crippen molar-refractivity contribution < 1.29 is 81.9 Å². The summed E-state index contributed by atoms with van der Waals surface area (Å²) in [6, 6.07) is 53.4. The molecule has 0 radical (unpaired) electrons. The Balaban J connectivity index is 0.000000350. The minimum atomic E-state index is -0.750. The second kappa shape index (κ2) is 44.4. The van der Waals surface area contributed by atoms with Crippen LogP contribution in [0.2, 0.25) is 0 Å². The summed E-state index contributed by atoms with van der Waals surface area (Å²) < 4.78 is 49.4. The predicted octanol–water partition coefficient (Wildman–Crippen LogP) is 17.7. The first-order valence-electron chi connectivity index (χ1n) is 33.7. The number of carbonyl (C=O) groups is 5. The molecule has 21 heteroatoms. The van der Waals surface area contributed by atoms with Gasteiger partial charge < -0.3 is 58.0 Å². The zero-order chi connectivity index (χ0) is 78.1. The van der Waals surface area contributed by atoms with Gasteiger partial charge >= 0.3 is 11.9 Å². The third-order valence-corrected chi connectivity index (χ3v) is 16.2. The Morgan fingerprint density at radius 1 is 0.377 bits per heavy atom. The molecule has 0 bridgehead atoms. The van der Waals surface area contributed by atoms with Crippen LogP contribution in [0.5, 0.6) is 17.2 Å². The lowest BCUT2D eigenvalue weighted by Gasteiger charge is -2.24. The number of aliphatic hydroxyl groups excluding tert-OH is 3. The molecule has 106 heavy (non-hydrogen) atoms. The van der Waals surface area contributed by atoms with Gasteiger partial charge in [-0.05, 0) is 130 Å². The predicted molar refractivity (Wildman–Crippen MR) is 419 cm³/mol. The number of ether oxygens (including phenoxy) is 9. The van der Waals surface area contributed by atoms with Gasteiger partial charge in [0.1, 0.15) is 17.2 Å². The van der Waals surface area contributed by atoms with Crippen molar-refractivity contribution in [3.05, 3.63) is 256 Å². The first-order chi connectivity index (χ1) is 50.5. The van der Waals surface area contributed by atoms with Crippen molar-refractivity contribution in [2.75, 3.05) is 74.2 Å². The number of carbonyl (C=O) groups excluding carboxylic acids is 5. The maximum Gasteiger partial charge on any atom is 0.333 e. The lowest BCUT2D eigenvalue weighted by Crippen LogP contribution is -2.27. The van der Waals surface area contributed by atoms with E-state index in [0.717, 1.165) is 83.8 Å². The van der Waals surface area contributed by atoms with Gasteiger partial charge in [0.05, 0.1) is 107 Å². The first kappa shape index (κ1) is 87.8. The van der Waals surface area contributed by atoms with Crippen LogP contribution < -0.4 is 14.2 Å². The smallest absolute Gasteiger partial charge is 0.333 e. The Morgan fingerprint density at radius 3 is 0.887 bits per heavy atom. The number of rotatable bonds is 35. The quantitative estimate of drug-likeness (QED) is 0.00837. The topological polar surface area (TPSA) is 229 Å². The lowest BCUT2D eigenvalue weighted by molar-refractivity contribution is -0.144. The number of halogens is 4. The Hall–Kier alpha value is -8.79. The summed E-state index contributed by atoms with van der Waals surface area (Å²) in [7, 11) is 4.84. The van der Waals surface area contributed by atoms with Crippen molar-refractivity contribution in [3.8, 4) is 61.8 Å². The molecule has 0 unspecified atom stereocenters. The minimum Gasteiger partial charge on any atom is -0.496 e. The van der Waals surface area contributed by atoms with E-state index >= 15 is 0 Å². The molecule has 17 nitrogen and oxygen atoms in total. The average Bonchev–Trinajstić information content (AvgIpc) is 0.825. The Morgan fingerprint density at radius 2 is 0.632 bits per heavy atom. The Bertz CT molecular complexity index is 3960. The molecule has 0 saturated heterocycles. The Labute approximate surface area is 642 Å². The molecule has 564 valence electrons. The van der Waals surface area contributed by atoms with Crippen LogP contribution >= 0.6 is 46.4 Å². The van der Waals surface area contributed by atoms with Gasteiger partial charge in [0.25, 0.3) is 0 Å². The molecule has 3 N–H and O–H groups in total. The number of esters is 2. The number of methoxy groups -OCH3 is 3. The maximum atomic E-state index is 13.5. The zero-order valence-electron chi connectivity index (χ0n) is 61.6. The third kappa shape index (κ3) is 28.8. The highest BCUT2D eigenvalue weighted by Crippen LogP contribution is 2.33. The molecule has 0 saturated carbocycles. The van der Waals surface area contributed by atoms with Crippen LogP contribution in [0.15, 0.2) is 206 Å². The summed E-state index contributed by atoms with van der Waals surface area (Å²) in [6.07, 6.45) is 0. The van der Waals surface area contributed by atoms with E-state index in [1.165, 1.54) is 0 Å². The van der Waals surface area contributed by atoms with E-state index in [1.54, 1.807) is 42.1 Å². The third-order valence-electron chi connectivity index (χ3n) is 15.8. The summed E-state index contributed by atoms with van der Waals surface area (Å²) in [4.78, 5) is 60.2. The van der Waals surface area contributed by atoms with E-state index in [2.05, 4.69) is 19.7 Å². The second-order valence-corrected chi connectivity index (χ2v) is 28.4. The fourth-order valence-corrected chi connectivity index (χ4v) is 10.1. The molecule has 0 aliphatic carbocycles. The van der Waals surface area contributed by atoms with Crippen LogP contribution in [-0.4, -0.2) is 123 Å². The van der Waals surface area contributed by atoms with E-state index in [4.69, 9.17) is 99.2 Å². The fourth-order valence-electron chi connectivity index (χ4n) is 10.1. The molecule has 0 aromatic heterocycles. The standard InChI is InChI=1S/C47H54O9.C33H34O7.C4H5ClO.CHCl3/c1-31(2)44(50)55-29-46(5,6)27-53-25-40-22-37(18-19-39(40)24-48)33-10-14-35(15-11-33)43(49)36-16-12-34(13-17-36)38-20-21-42(52-9)41(23-38)26-54-28-47(7,8)30-56-45(51)32(3)4;1-37-31-13-11-27(19-29(31)21-39-17-15-34)23-3-7-25(8-4-23)33(36)26-9-5-24(6-10-26)28-12-14-32(38-2)30(20-28)22-40-18-16-35;1-3(2)4(5)6;2-1(3)4/h10-23,48H,1,3,24-30H2,2,4-9H3;3-14,19-20,34-35H,15-18,21-22H2,1-2H3;1H2,2H3;1H. The lowest BCUT2D eigenvalue weighted by atomic mass is 9.95. The van der Waals surface area contributed by atoms with Gasteiger partial charge in [-0.1, -0.05) is 210 Å². The molecule has 0 aliphatic rings. The van der Waals surface area contributed by atoms with E-state index in [9.17, 15) is 29.1 Å². The van der Waals surface area contributed by atoms with Gasteiger partial charge in [-0.15, -0.1) is 0 Å². The highest BCUT2D eigenvalue weighted by atomic mass is 35.6. The van der Waals surface area contributed by atoms with Crippen molar-refractivity contribution >= 4 is 75.2 Å². The summed E-state index contributed by atoms with van der Waals surface area (Å²) in [5, 5.41) is 27.5. The van der Waals surface area contributed by atoms with Gasteiger partial charge in [-0.25, -0.2) is 9.59 Å². The molecule has 0 fully saturated rings. The molecule has 0 aliphatic heterocycles. The summed E-state index contributed by atoms with van der Waals surface area (Å²) >= 11 is 19.3. The zero-order valence-corrected chi connectivity index (χ0v) is 64.6. The largest absolute Gasteiger partial charge is 0.496 e. The fraction of sp³-hybridized carbons (Fsp3) is 0.306. The number of hydrogen-bond donors (Lipinski definition) is 3. The van der Waals surface area contributed by atoms with E-state index < -0.39 is 32.3 Å². The molecule has 8 rings (SSSR count). The van der Waals surface area contributed by atoms with Crippen molar-refractivity contribution in [1.82, 2.24) is 0 Å². The van der Waals surface area contributed by atoms with Crippen LogP contribution in [0.3, 0.4) is 0 Å². The normalized spacial score (nSPS) is 11.0. The highest BCUT2D eigenvalue weighted by molar-refractivity contribution is 6.67. The SMILES string of the molecule is C=C(C)C(=O)Cl.C=C(C)C(=O)OCC(C)(C)COCc1cc(-c2ccc(C(=O)c3ccc(-c4ccc(OC)c(COCC(C)(C)COC(=O)C(=C)C)c4)cc3)cc2)ccc1CO.COc1ccc(-c2ccc(C(=O)c3ccc(-c4ccc(OC)c(COCCO)c4)cc3)cc2)cc1COCCO.ClC(Cl)Cl. The monoisotopic (exact) mass is 1530 g/mol. The molecule has 0 heterocycles.